The lowest BCUT2D eigenvalue weighted by Crippen LogP contribution is -2.33. The molecule has 0 aliphatic heterocycles. The van der Waals surface area contributed by atoms with Crippen LogP contribution in [0.3, 0.4) is 0 Å². The third-order valence-electron chi connectivity index (χ3n) is 1.69. The molecule has 0 aliphatic carbocycles. The molecule has 14 heavy (non-hydrogen) atoms. The maximum Gasteiger partial charge on any atom is 0.249 e. The highest BCUT2D eigenvalue weighted by molar-refractivity contribution is 7.11. The average Bonchev–Trinajstić information content (AvgIpc) is 2.63. The van der Waals surface area contributed by atoms with E-state index in [0.717, 1.165) is 11.3 Å². The number of aldehydes is 1. The van der Waals surface area contributed by atoms with E-state index < -0.39 is 18.1 Å². The van der Waals surface area contributed by atoms with E-state index in [1.807, 2.05) is 0 Å². The maximum absolute atomic E-state index is 10.5. The molecule has 0 aliphatic rings. The zero-order chi connectivity index (χ0) is 10.7. The van der Waals surface area contributed by atoms with Crippen LogP contribution in [0.2, 0.25) is 0 Å². The van der Waals surface area contributed by atoms with Crippen molar-refractivity contribution in [3.63, 3.8) is 0 Å². The molecule has 0 fully saturated rings. The number of aliphatic hydroxyl groups excluding tert-OH is 2. The van der Waals surface area contributed by atoms with Crippen LogP contribution in [0.25, 0.3) is 0 Å². The van der Waals surface area contributed by atoms with Crippen molar-refractivity contribution in [1.29, 1.82) is 0 Å². The molecule has 0 bridgehead atoms. The van der Waals surface area contributed by atoms with Crippen LogP contribution in [-0.4, -0.2) is 28.5 Å². The van der Waals surface area contributed by atoms with Crippen molar-refractivity contribution in [3.05, 3.63) is 21.9 Å². The van der Waals surface area contributed by atoms with Crippen molar-refractivity contribution in [3.8, 4) is 0 Å². The molecule has 2 atom stereocenters. The van der Waals surface area contributed by atoms with Crippen LogP contribution in [0.15, 0.2) is 11.4 Å². The van der Waals surface area contributed by atoms with Gasteiger partial charge >= 0.3 is 0 Å². The highest BCUT2D eigenvalue weighted by Gasteiger charge is 2.24. The van der Waals surface area contributed by atoms with E-state index in [-0.39, 0.29) is 0 Å². The highest BCUT2D eigenvalue weighted by Crippen LogP contribution is 2.22. The monoisotopic (exact) mass is 215 g/mol. The minimum Gasteiger partial charge on any atom is -0.385 e. The number of amides is 1. The topological polar surface area (TPSA) is 101 Å². The van der Waals surface area contributed by atoms with Crippen molar-refractivity contribution in [1.82, 2.24) is 0 Å². The number of nitrogens with two attached hydrogens (primary N) is 1. The highest BCUT2D eigenvalue weighted by atomic mass is 32.1. The average molecular weight is 215 g/mol. The van der Waals surface area contributed by atoms with Gasteiger partial charge < -0.3 is 15.9 Å². The Morgan fingerprint density at radius 1 is 1.57 bits per heavy atom. The molecule has 76 valence electrons. The molecule has 1 aromatic heterocycles. The van der Waals surface area contributed by atoms with Crippen molar-refractivity contribution in [2.45, 2.75) is 12.2 Å². The third kappa shape index (κ3) is 2.16. The van der Waals surface area contributed by atoms with Crippen molar-refractivity contribution < 1.29 is 19.8 Å². The molecule has 5 nitrogen and oxygen atoms in total. The van der Waals surface area contributed by atoms with Gasteiger partial charge in [-0.15, -0.1) is 11.3 Å². The molecule has 0 aromatic carbocycles. The van der Waals surface area contributed by atoms with Gasteiger partial charge in [-0.05, 0) is 17.0 Å². The molecule has 0 saturated carbocycles. The van der Waals surface area contributed by atoms with Crippen molar-refractivity contribution in [2.24, 2.45) is 5.73 Å². The minimum atomic E-state index is -1.65. The van der Waals surface area contributed by atoms with Crippen LogP contribution in [-0.2, 0) is 4.79 Å². The van der Waals surface area contributed by atoms with E-state index in [4.69, 9.17) is 10.8 Å². The summed E-state index contributed by atoms with van der Waals surface area (Å²) < 4.78 is 0. The molecule has 1 rings (SSSR count). The van der Waals surface area contributed by atoms with Gasteiger partial charge in [0.15, 0.2) is 12.4 Å². The summed E-state index contributed by atoms with van der Waals surface area (Å²) in [5.74, 6) is -1.00. The summed E-state index contributed by atoms with van der Waals surface area (Å²) in [6, 6.07) is 1.40. The van der Waals surface area contributed by atoms with E-state index in [1.54, 1.807) is 0 Å². The van der Waals surface area contributed by atoms with Gasteiger partial charge in [0.25, 0.3) is 0 Å². The summed E-state index contributed by atoms with van der Waals surface area (Å²) in [7, 11) is 0. The summed E-state index contributed by atoms with van der Waals surface area (Å²) in [5.41, 5.74) is 5.11. The number of primary amides is 1. The molecule has 2 unspecified atom stereocenters. The largest absolute Gasteiger partial charge is 0.385 e. The predicted molar refractivity (Wildman–Crippen MR) is 49.9 cm³/mol. The molecule has 0 spiro atoms. The first-order valence-electron chi connectivity index (χ1n) is 3.75. The lowest BCUT2D eigenvalue weighted by atomic mass is 10.1. The lowest BCUT2D eigenvalue weighted by molar-refractivity contribution is -0.131. The van der Waals surface area contributed by atoms with Gasteiger partial charge in [0.1, 0.15) is 6.10 Å². The Morgan fingerprint density at radius 2 is 2.21 bits per heavy atom. The second kappa shape index (κ2) is 4.32. The Morgan fingerprint density at radius 3 is 2.64 bits per heavy atom. The summed E-state index contributed by atoms with van der Waals surface area (Å²) in [6.07, 6.45) is -2.40. The Balaban J connectivity index is 2.83. The van der Waals surface area contributed by atoms with Crippen LogP contribution >= 0.6 is 11.3 Å². The summed E-state index contributed by atoms with van der Waals surface area (Å²) in [6.45, 7) is 0. The Hall–Kier alpha value is -1.24. The van der Waals surface area contributed by atoms with E-state index in [0.29, 0.717) is 16.7 Å². The molecule has 4 N–H and O–H groups in total. The first kappa shape index (κ1) is 10.8. The SMILES string of the molecule is NC(=O)C(O)C(O)c1csc(C=O)c1. The third-order valence-corrected chi connectivity index (χ3v) is 2.56. The van der Waals surface area contributed by atoms with E-state index in [9.17, 15) is 14.7 Å². The maximum atomic E-state index is 10.5. The number of thiophene rings is 1. The number of hydrogen-bond acceptors (Lipinski definition) is 5. The molecule has 1 aromatic rings. The van der Waals surface area contributed by atoms with E-state index >= 15 is 0 Å². The fraction of sp³-hybridized carbons (Fsp3) is 0.250. The first-order chi connectivity index (χ1) is 6.56. The second-order valence-electron chi connectivity index (χ2n) is 2.69. The van der Waals surface area contributed by atoms with Crippen LogP contribution in [0.4, 0.5) is 0 Å². The van der Waals surface area contributed by atoms with Crippen LogP contribution in [0.1, 0.15) is 21.3 Å². The molecule has 0 saturated heterocycles. The molecule has 1 amide bonds. The van der Waals surface area contributed by atoms with Gasteiger partial charge in [0, 0.05) is 0 Å². The smallest absolute Gasteiger partial charge is 0.249 e. The van der Waals surface area contributed by atoms with E-state index in [1.165, 1.54) is 11.4 Å². The molecular weight excluding hydrogens is 206 g/mol. The van der Waals surface area contributed by atoms with Gasteiger partial charge in [-0.2, -0.15) is 0 Å². The normalized spacial score (nSPS) is 14.7. The zero-order valence-corrected chi connectivity index (χ0v) is 7.90. The lowest BCUT2D eigenvalue weighted by Gasteiger charge is -2.12. The van der Waals surface area contributed by atoms with Gasteiger partial charge in [0.05, 0.1) is 4.88 Å². The van der Waals surface area contributed by atoms with E-state index in [2.05, 4.69) is 0 Å². The van der Waals surface area contributed by atoms with Gasteiger partial charge in [-0.1, -0.05) is 0 Å². The standard InChI is InChI=1S/C8H9NO4S/c9-8(13)7(12)6(11)4-1-5(2-10)14-3-4/h1-3,6-7,11-12H,(H2,9,13). The predicted octanol–water partition coefficient (Wildman–Crippen LogP) is -0.560. The number of rotatable bonds is 4. The Labute approximate surface area is 83.8 Å². The van der Waals surface area contributed by atoms with Gasteiger partial charge in [-0.25, -0.2) is 0 Å². The fourth-order valence-corrected chi connectivity index (χ4v) is 1.66. The van der Waals surface area contributed by atoms with Crippen molar-refractivity contribution >= 4 is 23.5 Å². The summed E-state index contributed by atoms with van der Waals surface area (Å²) >= 11 is 1.12. The Bertz CT molecular complexity index is 349. The molecular formula is C8H9NO4S. The van der Waals surface area contributed by atoms with Crippen molar-refractivity contribution in [2.75, 3.05) is 0 Å². The van der Waals surface area contributed by atoms with Gasteiger partial charge in [0.2, 0.25) is 5.91 Å². The van der Waals surface area contributed by atoms with Crippen LogP contribution in [0.5, 0.6) is 0 Å². The summed E-state index contributed by atoms with van der Waals surface area (Å²) in [5, 5.41) is 20.0. The fourth-order valence-electron chi connectivity index (χ4n) is 0.923. The first-order valence-corrected chi connectivity index (χ1v) is 4.63. The summed E-state index contributed by atoms with van der Waals surface area (Å²) in [4.78, 5) is 21.3. The Kier molecular flexibility index (Phi) is 3.34. The van der Waals surface area contributed by atoms with Crippen LogP contribution in [0, 0.1) is 0 Å². The second-order valence-corrected chi connectivity index (χ2v) is 3.64. The molecule has 0 radical (unpaired) electrons. The number of aliphatic hydroxyl groups is 2. The molecule has 1 heterocycles. The van der Waals surface area contributed by atoms with Gasteiger partial charge in [-0.3, -0.25) is 9.59 Å². The number of hydrogen-bond donors (Lipinski definition) is 3. The molecule has 6 heteroatoms. The minimum absolute atomic E-state index is 0.309. The number of carbonyl (C=O) groups is 2. The number of carbonyl (C=O) groups excluding carboxylic acids is 2. The quantitative estimate of drug-likeness (QED) is 0.586. The van der Waals surface area contributed by atoms with Crippen LogP contribution < -0.4 is 5.73 Å². The zero-order valence-electron chi connectivity index (χ0n) is 7.08.